The monoisotopic (exact) mass is 555 g/mol. The Morgan fingerprint density at radius 2 is 2.08 bits per heavy atom. The van der Waals surface area contributed by atoms with Crippen molar-refractivity contribution >= 4 is 58.8 Å². The van der Waals surface area contributed by atoms with Crippen LogP contribution in [-0.4, -0.2) is 95.3 Å². The van der Waals surface area contributed by atoms with Crippen LogP contribution >= 0.6 is 23.1 Å². The highest BCUT2D eigenvalue weighted by Crippen LogP contribution is 2.41. The van der Waals surface area contributed by atoms with Gasteiger partial charge < -0.3 is 34.8 Å². The van der Waals surface area contributed by atoms with Crippen LogP contribution in [0.25, 0.3) is 0 Å². The predicted molar refractivity (Wildman–Crippen MR) is 125 cm³/mol. The van der Waals surface area contributed by atoms with Gasteiger partial charge in [0.15, 0.2) is 11.8 Å². The third-order valence-corrected chi connectivity index (χ3v) is 7.35. The van der Waals surface area contributed by atoms with E-state index in [1.807, 2.05) is 0 Å². The number of primary amides is 1. The molecule has 3 amide bonds. The first-order valence-electron chi connectivity index (χ1n) is 10.6. The number of carbonyl (C=O) groups excluding carboxylic acids is 5. The molecule has 0 aromatic carbocycles. The third kappa shape index (κ3) is 5.46. The van der Waals surface area contributed by atoms with Crippen molar-refractivity contribution in [2.24, 2.45) is 10.9 Å². The number of hydrogen-bond acceptors (Lipinski definition) is 14. The summed E-state index contributed by atoms with van der Waals surface area (Å²) >= 11 is 2.48. The highest BCUT2D eigenvalue weighted by Gasteiger charge is 2.55. The molecule has 3 unspecified atom stereocenters. The second-order valence-corrected chi connectivity index (χ2v) is 9.57. The number of aromatic nitrogens is 1. The lowest BCUT2D eigenvalue weighted by atomic mass is 10.0. The summed E-state index contributed by atoms with van der Waals surface area (Å²) in [7, 11) is 1.27. The molecule has 198 valence electrons. The quantitative estimate of drug-likeness (QED) is 0.133. The fourth-order valence-corrected chi connectivity index (χ4v) is 5.51. The third-order valence-electron chi connectivity index (χ3n) is 5.42. The van der Waals surface area contributed by atoms with Gasteiger partial charge in [0.2, 0.25) is 0 Å². The van der Waals surface area contributed by atoms with Crippen molar-refractivity contribution in [3.8, 4) is 0 Å². The highest BCUT2D eigenvalue weighted by molar-refractivity contribution is 8.00. The summed E-state index contributed by atoms with van der Waals surface area (Å²) in [5.74, 6) is -2.04. The number of esters is 1. The van der Waals surface area contributed by atoms with Gasteiger partial charge in [0.25, 0.3) is 11.8 Å². The molecule has 1 aromatic heterocycles. The normalized spacial score (nSPS) is 24.9. The van der Waals surface area contributed by atoms with Crippen molar-refractivity contribution in [3.63, 3.8) is 0 Å². The summed E-state index contributed by atoms with van der Waals surface area (Å²) < 4.78 is 19.9. The van der Waals surface area contributed by atoms with Crippen molar-refractivity contribution in [2.75, 3.05) is 26.1 Å². The summed E-state index contributed by atoms with van der Waals surface area (Å²) in [5, 5.41) is 7.23. The van der Waals surface area contributed by atoms with Crippen LogP contribution in [0.4, 0.5) is 9.59 Å². The maximum atomic E-state index is 13.1. The standard InChI is InChI=1S/C20H21N5O10S2/c1-8-11(35-20(30)34-8)4-32-18(28)14-9(3-33-19(21)29)5-37-17-13(16(27)25(14)17)23-15(26)12(24-31-2)10-6-36-7-22-10/h6-8,11,13,17H,3-5H2,1-2H3,(H2,21,29)(H,23,26)/b24-12-/t8?,11?,13?,17-/m0/s1. The largest absolute Gasteiger partial charge is 0.509 e. The lowest BCUT2D eigenvalue weighted by Crippen LogP contribution is -2.71. The molecular weight excluding hydrogens is 534 g/mol. The zero-order valence-corrected chi connectivity index (χ0v) is 21.0. The molecule has 2 fully saturated rings. The molecule has 0 radical (unpaired) electrons. The average molecular weight is 556 g/mol. The number of nitrogens with two attached hydrogens (primary N) is 1. The van der Waals surface area contributed by atoms with E-state index in [0.717, 1.165) is 4.90 Å². The van der Waals surface area contributed by atoms with Crippen LogP contribution in [0.3, 0.4) is 0 Å². The molecule has 0 saturated carbocycles. The number of rotatable bonds is 9. The fraction of sp³-hybridized carbons (Fsp3) is 0.450. The van der Waals surface area contributed by atoms with Gasteiger partial charge in [0.1, 0.15) is 49.2 Å². The number of oxime groups is 1. The number of thioether (sulfide) groups is 1. The van der Waals surface area contributed by atoms with Crippen LogP contribution < -0.4 is 11.1 Å². The van der Waals surface area contributed by atoms with Gasteiger partial charge in [-0.05, 0) is 6.92 Å². The first-order chi connectivity index (χ1) is 17.7. The van der Waals surface area contributed by atoms with Gasteiger partial charge in [0.05, 0.1) is 5.51 Å². The van der Waals surface area contributed by atoms with Crippen molar-refractivity contribution in [1.29, 1.82) is 0 Å². The second-order valence-electron chi connectivity index (χ2n) is 7.74. The number of ether oxygens (including phenoxy) is 4. The van der Waals surface area contributed by atoms with Crippen LogP contribution in [0.15, 0.2) is 27.3 Å². The highest BCUT2D eigenvalue weighted by atomic mass is 32.2. The lowest BCUT2D eigenvalue weighted by Gasteiger charge is -2.49. The molecule has 17 heteroatoms. The van der Waals surface area contributed by atoms with Gasteiger partial charge in [-0.1, -0.05) is 5.16 Å². The van der Waals surface area contributed by atoms with E-state index in [9.17, 15) is 24.0 Å². The van der Waals surface area contributed by atoms with Gasteiger partial charge >= 0.3 is 18.2 Å². The molecule has 1 aromatic rings. The van der Waals surface area contributed by atoms with Crippen molar-refractivity contribution in [3.05, 3.63) is 27.9 Å². The molecule has 4 atom stereocenters. The van der Waals surface area contributed by atoms with Crippen LogP contribution in [0, 0.1) is 0 Å². The van der Waals surface area contributed by atoms with Crippen molar-refractivity contribution < 1.29 is 47.8 Å². The van der Waals surface area contributed by atoms with E-state index in [1.54, 1.807) is 12.3 Å². The molecule has 0 bridgehead atoms. The van der Waals surface area contributed by atoms with Crippen molar-refractivity contribution in [2.45, 2.75) is 30.5 Å². The van der Waals surface area contributed by atoms with E-state index in [4.69, 9.17) is 29.5 Å². The van der Waals surface area contributed by atoms with Crippen LogP contribution in [0.2, 0.25) is 0 Å². The number of β-lactam (4-membered cyclic amide) rings is 1. The number of amides is 3. The summed E-state index contributed by atoms with van der Waals surface area (Å²) in [5.41, 5.74) is 6.84. The Balaban J connectivity index is 1.50. The topological polar surface area (TPSA) is 198 Å². The Morgan fingerprint density at radius 1 is 1.30 bits per heavy atom. The first-order valence-corrected chi connectivity index (χ1v) is 12.6. The molecule has 3 aliphatic heterocycles. The average Bonchev–Trinajstić information content (AvgIpc) is 3.51. The summed E-state index contributed by atoms with van der Waals surface area (Å²) in [6.45, 7) is 0.886. The van der Waals surface area contributed by atoms with E-state index >= 15 is 0 Å². The summed E-state index contributed by atoms with van der Waals surface area (Å²) in [6.07, 6.45) is -3.43. The Hall–Kier alpha value is -3.86. The molecule has 0 aliphatic carbocycles. The molecule has 4 heterocycles. The Labute approximate surface area is 217 Å². The lowest BCUT2D eigenvalue weighted by molar-refractivity contribution is -0.153. The predicted octanol–water partition coefficient (Wildman–Crippen LogP) is -0.290. The number of nitrogens with one attached hydrogen (secondary N) is 1. The second kappa shape index (κ2) is 11.0. The molecule has 4 rings (SSSR count). The number of carbonyl (C=O) groups is 5. The Kier molecular flexibility index (Phi) is 7.82. The summed E-state index contributed by atoms with van der Waals surface area (Å²) in [6, 6.07) is -0.996. The molecular formula is C20H21N5O10S2. The van der Waals surface area contributed by atoms with E-state index in [-0.39, 0.29) is 41.6 Å². The minimum atomic E-state index is -1.07. The number of hydrogen-bond donors (Lipinski definition) is 2. The number of cyclic esters (lactones) is 2. The van der Waals surface area contributed by atoms with Crippen molar-refractivity contribution in [1.82, 2.24) is 15.2 Å². The van der Waals surface area contributed by atoms with Crippen LogP contribution in [0.5, 0.6) is 0 Å². The fourth-order valence-electron chi connectivity index (χ4n) is 3.65. The van der Waals surface area contributed by atoms with Gasteiger partial charge in [-0.25, -0.2) is 19.4 Å². The van der Waals surface area contributed by atoms with E-state index < -0.39 is 53.7 Å². The van der Waals surface area contributed by atoms with Gasteiger partial charge in [-0.15, -0.1) is 23.1 Å². The zero-order valence-electron chi connectivity index (χ0n) is 19.4. The molecule has 3 aliphatic rings. The van der Waals surface area contributed by atoms with E-state index in [0.29, 0.717) is 0 Å². The number of thiazole rings is 1. The molecule has 2 saturated heterocycles. The minimum Gasteiger partial charge on any atom is -0.457 e. The SMILES string of the molecule is CO/N=C(\C(=O)NC1C(=O)N2C(C(=O)OCC3OC(=O)OC3C)=C(COC(N)=O)CS[C@@H]12)c1cscn1. The number of fused-ring (bicyclic) bond motifs is 1. The molecule has 37 heavy (non-hydrogen) atoms. The van der Waals surface area contributed by atoms with Gasteiger partial charge in [-0.3, -0.25) is 14.5 Å². The van der Waals surface area contributed by atoms with Crippen LogP contribution in [0.1, 0.15) is 12.6 Å². The van der Waals surface area contributed by atoms with Gasteiger partial charge in [-0.2, -0.15) is 0 Å². The molecule has 15 nitrogen and oxygen atoms in total. The van der Waals surface area contributed by atoms with E-state index in [1.165, 1.54) is 35.7 Å². The Morgan fingerprint density at radius 3 is 2.70 bits per heavy atom. The number of nitrogens with zero attached hydrogens (tertiary/aromatic N) is 3. The smallest absolute Gasteiger partial charge is 0.457 e. The summed E-state index contributed by atoms with van der Waals surface area (Å²) in [4.78, 5) is 71.3. The minimum absolute atomic E-state index is 0.121. The maximum Gasteiger partial charge on any atom is 0.509 e. The maximum absolute atomic E-state index is 13.1. The molecule has 3 N–H and O–H groups in total. The Bertz CT molecular complexity index is 1170. The van der Waals surface area contributed by atoms with Crippen LogP contribution in [-0.2, 0) is 38.2 Å². The van der Waals surface area contributed by atoms with E-state index in [2.05, 4.69) is 15.5 Å². The zero-order chi connectivity index (χ0) is 26.7. The molecule has 0 spiro atoms. The first kappa shape index (κ1) is 26.2. The van der Waals surface area contributed by atoms with Gasteiger partial charge in [0, 0.05) is 16.7 Å².